The van der Waals surface area contributed by atoms with Gasteiger partial charge in [-0.1, -0.05) is 13.8 Å². The Balaban J connectivity index is 3.18. The number of rotatable bonds is 6. The molecular formula is C12H20N2O3S2. The smallest absolute Gasteiger partial charge is 0.244 e. The average molecular weight is 304 g/mol. The number of aryl methyl sites for hydroxylation is 2. The quantitative estimate of drug-likeness (QED) is 0.864. The Morgan fingerprint density at radius 1 is 1.42 bits per heavy atom. The number of carbonyl (C=O) groups is 1. The first-order valence-electron chi connectivity index (χ1n) is 6.00. The fraction of sp³-hybridized carbons (Fsp3) is 0.583. The molecular weight excluding hydrogens is 284 g/mol. The molecule has 1 amide bonds. The molecule has 1 rings (SSSR count). The first kappa shape index (κ1) is 16.1. The number of hydrogen-bond donors (Lipinski definition) is 1. The maximum atomic E-state index is 12.6. The normalized spacial score (nSPS) is 12.3. The molecule has 1 heterocycles. The molecule has 0 spiro atoms. The van der Waals surface area contributed by atoms with Gasteiger partial charge in [0.15, 0.2) is 0 Å². The number of sulfonamides is 1. The summed E-state index contributed by atoms with van der Waals surface area (Å²) in [5.41, 5.74) is 5.14. The lowest BCUT2D eigenvalue weighted by Gasteiger charge is -2.22. The first-order chi connectivity index (χ1) is 8.64. The van der Waals surface area contributed by atoms with Crippen molar-refractivity contribution in [1.29, 1.82) is 0 Å². The lowest BCUT2D eigenvalue weighted by Crippen LogP contribution is -2.40. The molecule has 1 aromatic heterocycles. The van der Waals surface area contributed by atoms with Crippen LogP contribution in [0.15, 0.2) is 11.0 Å². The molecule has 0 aliphatic heterocycles. The molecule has 0 aliphatic carbocycles. The molecule has 0 saturated carbocycles. The maximum Gasteiger partial charge on any atom is 0.244 e. The minimum atomic E-state index is -3.66. The highest BCUT2D eigenvalue weighted by Crippen LogP contribution is 2.27. The summed E-state index contributed by atoms with van der Waals surface area (Å²) >= 11 is 1.43. The van der Waals surface area contributed by atoms with E-state index < -0.39 is 15.9 Å². The third-order valence-corrected chi connectivity index (χ3v) is 5.55. The highest BCUT2D eigenvalue weighted by atomic mass is 32.2. The van der Waals surface area contributed by atoms with E-state index in [9.17, 15) is 13.2 Å². The van der Waals surface area contributed by atoms with E-state index in [0.717, 1.165) is 14.1 Å². The topological polar surface area (TPSA) is 80.5 Å². The molecule has 0 aliphatic rings. The van der Waals surface area contributed by atoms with E-state index in [1.165, 1.54) is 11.3 Å². The van der Waals surface area contributed by atoms with Crippen molar-refractivity contribution in [3.63, 3.8) is 0 Å². The number of amides is 1. The van der Waals surface area contributed by atoms with Gasteiger partial charge in [0, 0.05) is 16.3 Å². The maximum absolute atomic E-state index is 12.6. The Bertz CT molecular complexity index is 562. The Kier molecular flexibility index (Phi) is 5.11. The second kappa shape index (κ2) is 6.02. The summed E-state index contributed by atoms with van der Waals surface area (Å²) in [5, 5.41) is 0. The second-order valence-electron chi connectivity index (χ2n) is 4.94. The van der Waals surface area contributed by atoms with E-state index in [0.29, 0.717) is 0 Å². The van der Waals surface area contributed by atoms with Crippen LogP contribution in [0.3, 0.4) is 0 Å². The molecule has 0 atom stereocenters. The van der Waals surface area contributed by atoms with Crippen LogP contribution < -0.4 is 5.73 Å². The summed E-state index contributed by atoms with van der Waals surface area (Å²) in [6, 6.07) is 1.64. The molecule has 0 fully saturated rings. The Morgan fingerprint density at radius 2 is 2.00 bits per heavy atom. The van der Waals surface area contributed by atoms with E-state index in [2.05, 4.69) is 0 Å². The summed E-state index contributed by atoms with van der Waals surface area (Å²) < 4.78 is 26.3. The van der Waals surface area contributed by atoms with Gasteiger partial charge in [0.1, 0.15) is 0 Å². The van der Waals surface area contributed by atoms with Crippen LogP contribution in [0.25, 0.3) is 0 Å². The number of carbonyl (C=O) groups excluding carboxylic acids is 1. The van der Waals surface area contributed by atoms with Gasteiger partial charge in [-0.25, -0.2) is 8.42 Å². The van der Waals surface area contributed by atoms with Crippen LogP contribution in [-0.4, -0.2) is 31.7 Å². The van der Waals surface area contributed by atoms with Crippen molar-refractivity contribution in [2.75, 3.05) is 13.1 Å². The number of nitrogens with zero attached hydrogens (tertiary/aromatic N) is 1. The van der Waals surface area contributed by atoms with E-state index >= 15 is 0 Å². The predicted octanol–water partition coefficient (Wildman–Crippen LogP) is 1.50. The molecule has 0 aromatic carbocycles. The summed E-state index contributed by atoms with van der Waals surface area (Å²) in [4.78, 5) is 13.0. The van der Waals surface area contributed by atoms with Crippen LogP contribution in [0.1, 0.15) is 23.6 Å². The molecule has 19 heavy (non-hydrogen) atoms. The fourth-order valence-electron chi connectivity index (χ4n) is 1.83. The minimum Gasteiger partial charge on any atom is -0.369 e. The predicted molar refractivity (Wildman–Crippen MR) is 76.6 cm³/mol. The summed E-state index contributed by atoms with van der Waals surface area (Å²) in [5.74, 6) is -0.525. The second-order valence-corrected chi connectivity index (χ2v) is 8.30. The lowest BCUT2D eigenvalue weighted by molar-refractivity contribution is -0.118. The molecule has 7 heteroatoms. The Labute approximate surface area is 118 Å². The van der Waals surface area contributed by atoms with Gasteiger partial charge in [0.25, 0.3) is 0 Å². The SMILES string of the molecule is Cc1cc(S(=O)(=O)N(CC(N)=O)CC(C)C)c(C)s1. The van der Waals surface area contributed by atoms with Gasteiger partial charge in [-0.05, 0) is 25.8 Å². The molecule has 108 valence electrons. The first-order valence-corrected chi connectivity index (χ1v) is 8.25. The van der Waals surface area contributed by atoms with Gasteiger partial charge in [-0.2, -0.15) is 4.31 Å². The van der Waals surface area contributed by atoms with Crippen LogP contribution in [0.2, 0.25) is 0 Å². The Hall–Kier alpha value is -0.920. The molecule has 5 nitrogen and oxygen atoms in total. The standard InChI is InChI=1S/C12H20N2O3S2/c1-8(2)6-14(7-12(13)15)19(16,17)11-5-9(3)18-10(11)4/h5,8H,6-7H2,1-4H3,(H2,13,15). The van der Waals surface area contributed by atoms with Crippen LogP contribution >= 0.6 is 11.3 Å². The lowest BCUT2D eigenvalue weighted by atomic mass is 10.2. The van der Waals surface area contributed by atoms with Crippen molar-refractivity contribution in [2.24, 2.45) is 11.7 Å². The number of primary amides is 1. The van der Waals surface area contributed by atoms with Crippen LogP contribution in [0, 0.1) is 19.8 Å². The Morgan fingerprint density at radius 3 is 2.37 bits per heavy atom. The van der Waals surface area contributed by atoms with E-state index in [4.69, 9.17) is 5.73 Å². The average Bonchev–Trinajstić information content (AvgIpc) is 2.56. The molecule has 0 radical (unpaired) electrons. The van der Waals surface area contributed by atoms with Crippen molar-refractivity contribution in [1.82, 2.24) is 4.31 Å². The van der Waals surface area contributed by atoms with Gasteiger partial charge < -0.3 is 5.73 Å². The molecule has 0 bridgehead atoms. The van der Waals surface area contributed by atoms with E-state index in [1.807, 2.05) is 20.8 Å². The van der Waals surface area contributed by atoms with Gasteiger partial charge in [0.05, 0.1) is 11.4 Å². The van der Waals surface area contributed by atoms with E-state index in [-0.39, 0.29) is 23.9 Å². The van der Waals surface area contributed by atoms with Crippen molar-refractivity contribution in [3.8, 4) is 0 Å². The zero-order valence-electron chi connectivity index (χ0n) is 11.6. The van der Waals surface area contributed by atoms with Crippen LogP contribution in [0.4, 0.5) is 0 Å². The van der Waals surface area contributed by atoms with Crippen LogP contribution in [0.5, 0.6) is 0 Å². The third kappa shape index (κ3) is 4.02. The zero-order valence-corrected chi connectivity index (χ0v) is 13.3. The van der Waals surface area contributed by atoms with Crippen LogP contribution in [-0.2, 0) is 14.8 Å². The van der Waals surface area contributed by atoms with Gasteiger partial charge in [-0.15, -0.1) is 11.3 Å². The van der Waals surface area contributed by atoms with Crippen molar-refractivity contribution in [2.45, 2.75) is 32.6 Å². The van der Waals surface area contributed by atoms with Crippen molar-refractivity contribution < 1.29 is 13.2 Å². The molecule has 0 unspecified atom stereocenters. The van der Waals surface area contributed by atoms with Crippen molar-refractivity contribution in [3.05, 3.63) is 15.8 Å². The highest BCUT2D eigenvalue weighted by molar-refractivity contribution is 7.89. The zero-order chi connectivity index (χ0) is 14.8. The molecule has 0 saturated heterocycles. The summed E-state index contributed by atoms with van der Waals surface area (Å²) in [7, 11) is -3.66. The number of hydrogen-bond acceptors (Lipinski definition) is 4. The number of thiophene rings is 1. The van der Waals surface area contributed by atoms with Gasteiger partial charge >= 0.3 is 0 Å². The largest absolute Gasteiger partial charge is 0.369 e. The highest BCUT2D eigenvalue weighted by Gasteiger charge is 2.29. The molecule has 2 N–H and O–H groups in total. The third-order valence-electron chi connectivity index (χ3n) is 2.51. The van der Waals surface area contributed by atoms with Gasteiger partial charge in [-0.3, -0.25) is 4.79 Å². The monoisotopic (exact) mass is 304 g/mol. The van der Waals surface area contributed by atoms with Crippen molar-refractivity contribution >= 4 is 27.3 Å². The fourth-order valence-corrected chi connectivity index (χ4v) is 4.92. The van der Waals surface area contributed by atoms with Gasteiger partial charge in [0.2, 0.25) is 15.9 Å². The minimum absolute atomic E-state index is 0.120. The van der Waals surface area contributed by atoms with E-state index in [1.54, 1.807) is 13.0 Å². The summed E-state index contributed by atoms with van der Waals surface area (Å²) in [6.07, 6.45) is 0. The molecule has 1 aromatic rings. The summed E-state index contributed by atoms with van der Waals surface area (Å²) in [6.45, 7) is 7.42. The number of nitrogens with two attached hydrogens (primary N) is 1.